The molecule has 130 valence electrons. The average molecular weight is 347 g/mol. The summed E-state index contributed by atoms with van der Waals surface area (Å²) in [6, 6.07) is 10.9. The number of hydrogen-bond donors (Lipinski definition) is 0. The van der Waals surface area contributed by atoms with Crippen LogP contribution in [0, 0.1) is 11.3 Å². The number of ether oxygens (including phenoxy) is 1. The Morgan fingerprint density at radius 1 is 1.23 bits per heavy atom. The molecule has 6 heteroatoms. The van der Waals surface area contributed by atoms with Crippen LogP contribution in [0.15, 0.2) is 47.5 Å². The molecule has 0 aliphatic carbocycles. The molecule has 0 saturated heterocycles. The SMILES string of the molecule is CCOC(=O)c1cn(CC)c2cc(-c3ccnc(C#N)c3)ccc2c1=O. The molecule has 2 heterocycles. The van der Waals surface area contributed by atoms with Crippen LogP contribution in [0.25, 0.3) is 22.0 Å². The van der Waals surface area contributed by atoms with Crippen LogP contribution < -0.4 is 5.43 Å². The average Bonchev–Trinajstić information content (AvgIpc) is 2.68. The molecule has 3 rings (SSSR count). The van der Waals surface area contributed by atoms with Gasteiger partial charge in [0.05, 0.1) is 12.1 Å². The molecule has 0 spiro atoms. The minimum Gasteiger partial charge on any atom is -0.462 e. The molecule has 0 amide bonds. The summed E-state index contributed by atoms with van der Waals surface area (Å²) in [5, 5.41) is 9.48. The lowest BCUT2D eigenvalue weighted by molar-refractivity contribution is 0.0524. The van der Waals surface area contributed by atoms with E-state index in [1.807, 2.05) is 29.7 Å². The van der Waals surface area contributed by atoms with Crippen molar-refractivity contribution in [2.75, 3.05) is 6.61 Å². The van der Waals surface area contributed by atoms with Crippen molar-refractivity contribution >= 4 is 16.9 Å². The second kappa shape index (κ2) is 7.19. The predicted molar refractivity (Wildman–Crippen MR) is 97.8 cm³/mol. The van der Waals surface area contributed by atoms with E-state index >= 15 is 0 Å². The van der Waals surface area contributed by atoms with Gasteiger partial charge >= 0.3 is 5.97 Å². The van der Waals surface area contributed by atoms with Crippen LogP contribution >= 0.6 is 0 Å². The van der Waals surface area contributed by atoms with Gasteiger partial charge in [-0.3, -0.25) is 4.79 Å². The fourth-order valence-corrected chi connectivity index (χ4v) is 2.86. The van der Waals surface area contributed by atoms with Crippen LogP contribution in [0.3, 0.4) is 0 Å². The first-order valence-electron chi connectivity index (χ1n) is 8.29. The van der Waals surface area contributed by atoms with Gasteiger partial charge in [-0.2, -0.15) is 5.26 Å². The summed E-state index contributed by atoms with van der Waals surface area (Å²) >= 11 is 0. The molecule has 26 heavy (non-hydrogen) atoms. The fourth-order valence-electron chi connectivity index (χ4n) is 2.86. The largest absolute Gasteiger partial charge is 0.462 e. The Balaban J connectivity index is 2.21. The summed E-state index contributed by atoms with van der Waals surface area (Å²) in [5.41, 5.74) is 2.43. The first-order chi connectivity index (χ1) is 12.6. The minimum absolute atomic E-state index is 0.0321. The van der Waals surface area contributed by atoms with E-state index in [0.717, 1.165) is 16.6 Å². The number of nitriles is 1. The Hall–Kier alpha value is -3.46. The molecule has 0 atom stereocenters. The monoisotopic (exact) mass is 347 g/mol. The van der Waals surface area contributed by atoms with Crippen molar-refractivity contribution in [2.45, 2.75) is 20.4 Å². The van der Waals surface area contributed by atoms with Crippen LogP contribution in [-0.2, 0) is 11.3 Å². The maximum atomic E-state index is 12.7. The molecule has 0 saturated carbocycles. The van der Waals surface area contributed by atoms with Crippen molar-refractivity contribution in [3.05, 3.63) is 64.2 Å². The van der Waals surface area contributed by atoms with Gasteiger partial charge < -0.3 is 9.30 Å². The zero-order valence-electron chi connectivity index (χ0n) is 14.5. The fraction of sp³-hybridized carbons (Fsp3) is 0.200. The molecule has 3 aromatic rings. The third kappa shape index (κ3) is 3.07. The summed E-state index contributed by atoms with van der Waals surface area (Å²) in [6.45, 7) is 4.44. The van der Waals surface area contributed by atoms with Gasteiger partial charge in [-0.15, -0.1) is 0 Å². The third-order valence-electron chi connectivity index (χ3n) is 4.13. The molecule has 0 radical (unpaired) electrons. The quantitative estimate of drug-likeness (QED) is 0.677. The first-order valence-corrected chi connectivity index (χ1v) is 8.29. The number of rotatable bonds is 4. The van der Waals surface area contributed by atoms with Crippen molar-refractivity contribution in [3.8, 4) is 17.2 Å². The van der Waals surface area contributed by atoms with E-state index in [1.54, 1.807) is 37.5 Å². The molecule has 0 bridgehead atoms. The lowest BCUT2D eigenvalue weighted by Gasteiger charge is -2.12. The van der Waals surface area contributed by atoms with Crippen molar-refractivity contribution in [1.29, 1.82) is 5.26 Å². The van der Waals surface area contributed by atoms with Gasteiger partial charge in [-0.1, -0.05) is 6.07 Å². The number of aromatic nitrogens is 2. The van der Waals surface area contributed by atoms with Crippen LogP contribution in [-0.4, -0.2) is 22.1 Å². The second-order valence-electron chi connectivity index (χ2n) is 5.65. The van der Waals surface area contributed by atoms with Gasteiger partial charge in [-0.05, 0) is 49.2 Å². The van der Waals surface area contributed by atoms with Gasteiger partial charge in [0.25, 0.3) is 0 Å². The Kier molecular flexibility index (Phi) is 4.81. The highest BCUT2D eigenvalue weighted by Crippen LogP contribution is 2.24. The Labute approximate surface area is 150 Å². The maximum Gasteiger partial charge on any atom is 0.343 e. The number of carbonyl (C=O) groups excluding carboxylic acids is 1. The highest BCUT2D eigenvalue weighted by molar-refractivity contribution is 5.94. The van der Waals surface area contributed by atoms with Gasteiger partial charge in [-0.25, -0.2) is 9.78 Å². The van der Waals surface area contributed by atoms with E-state index < -0.39 is 5.97 Å². The van der Waals surface area contributed by atoms with Crippen LogP contribution in [0.1, 0.15) is 29.9 Å². The zero-order valence-corrected chi connectivity index (χ0v) is 14.5. The van der Waals surface area contributed by atoms with Gasteiger partial charge in [0.15, 0.2) is 0 Å². The smallest absolute Gasteiger partial charge is 0.343 e. The number of benzene rings is 1. The highest BCUT2D eigenvalue weighted by Gasteiger charge is 2.16. The van der Waals surface area contributed by atoms with E-state index in [4.69, 9.17) is 10.00 Å². The van der Waals surface area contributed by atoms with Gasteiger partial charge in [0.1, 0.15) is 17.3 Å². The molecule has 0 unspecified atom stereocenters. The van der Waals surface area contributed by atoms with Crippen molar-refractivity contribution in [1.82, 2.24) is 9.55 Å². The van der Waals surface area contributed by atoms with Crippen LogP contribution in [0.2, 0.25) is 0 Å². The molecule has 0 N–H and O–H groups in total. The number of esters is 1. The number of fused-ring (bicyclic) bond motifs is 1. The molecule has 0 fully saturated rings. The molecule has 0 aliphatic heterocycles. The normalized spacial score (nSPS) is 10.5. The van der Waals surface area contributed by atoms with Crippen LogP contribution in [0.5, 0.6) is 0 Å². The molecular weight excluding hydrogens is 330 g/mol. The first kappa shape index (κ1) is 17.4. The van der Waals surface area contributed by atoms with Crippen LogP contribution in [0.4, 0.5) is 0 Å². The minimum atomic E-state index is -0.613. The molecule has 6 nitrogen and oxygen atoms in total. The summed E-state index contributed by atoms with van der Waals surface area (Å²) < 4.78 is 6.83. The standard InChI is InChI=1S/C20H17N3O3/c1-3-23-12-17(20(25)26-4-2)19(24)16-6-5-13(10-18(16)23)14-7-8-22-15(9-14)11-21/h5-10,12H,3-4H2,1-2H3. The molecule has 1 aromatic carbocycles. The van der Waals surface area contributed by atoms with E-state index in [-0.39, 0.29) is 17.6 Å². The van der Waals surface area contributed by atoms with Crippen molar-refractivity contribution in [3.63, 3.8) is 0 Å². The van der Waals surface area contributed by atoms with Gasteiger partial charge in [0.2, 0.25) is 5.43 Å². The highest BCUT2D eigenvalue weighted by atomic mass is 16.5. The Bertz CT molecular complexity index is 1090. The number of nitrogens with zero attached hydrogens (tertiary/aromatic N) is 3. The summed E-state index contributed by atoms with van der Waals surface area (Å²) in [4.78, 5) is 28.7. The maximum absolute atomic E-state index is 12.7. The van der Waals surface area contributed by atoms with E-state index in [0.29, 0.717) is 17.6 Å². The number of pyridine rings is 2. The predicted octanol–water partition coefficient (Wildman–Crippen LogP) is 3.13. The topological polar surface area (TPSA) is 85.0 Å². The van der Waals surface area contributed by atoms with E-state index in [9.17, 15) is 9.59 Å². The van der Waals surface area contributed by atoms with Crippen molar-refractivity contribution < 1.29 is 9.53 Å². The van der Waals surface area contributed by atoms with Gasteiger partial charge in [0, 0.05) is 24.3 Å². The van der Waals surface area contributed by atoms with E-state index in [1.165, 1.54) is 0 Å². The summed E-state index contributed by atoms with van der Waals surface area (Å²) in [6.07, 6.45) is 3.12. The van der Waals surface area contributed by atoms with E-state index in [2.05, 4.69) is 4.98 Å². The number of hydrogen-bond acceptors (Lipinski definition) is 5. The summed E-state index contributed by atoms with van der Waals surface area (Å²) in [5.74, 6) is -0.613. The number of carbonyl (C=O) groups is 1. The molecule has 2 aromatic heterocycles. The zero-order chi connectivity index (χ0) is 18.7. The molecule has 0 aliphatic rings. The van der Waals surface area contributed by atoms with Crippen molar-refractivity contribution in [2.24, 2.45) is 0 Å². The lowest BCUT2D eigenvalue weighted by atomic mass is 10.0. The second-order valence-corrected chi connectivity index (χ2v) is 5.65. The molecular formula is C20H17N3O3. The third-order valence-corrected chi connectivity index (χ3v) is 4.13. The number of aryl methyl sites for hydroxylation is 1. The lowest BCUT2D eigenvalue weighted by Crippen LogP contribution is -2.20. The Morgan fingerprint density at radius 2 is 2.00 bits per heavy atom. The Morgan fingerprint density at radius 3 is 2.69 bits per heavy atom. The summed E-state index contributed by atoms with van der Waals surface area (Å²) in [7, 11) is 0.